The second-order valence-corrected chi connectivity index (χ2v) is 8.37. The van der Waals surface area contributed by atoms with Crippen molar-refractivity contribution in [1.82, 2.24) is 16.1 Å². The topological polar surface area (TPSA) is 90.5 Å². The Hall–Kier alpha value is -1.14. The largest absolute Gasteiger partial charge is 0.354 e. The molecule has 0 fully saturated rings. The number of amides is 2. The Bertz CT molecular complexity index is 385. The van der Waals surface area contributed by atoms with Gasteiger partial charge in [-0.3, -0.25) is 14.8 Å². The van der Waals surface area contributed by atoms with Crippen LogP contribution in [0.4, 0.5) is 0 Å². The van der Waals surface area contributed by atoms with Crippen molar-refractivity contribution in [2.24, 2.45) is 10.8 Å². The molecule has 2 amide bonds. The van der Waals surface area contributed by atoms with Gasteiger partial charge in [0, 0.05) is 30.5 Å². The SMILES string of the molecule is CC(C)(CC(=O)NO)CC(C)(C)C(=O)NCCNC(C)(C)C. The zero-order valence-electron chi connectivity index (χ0n) is 15.1. The van der Waals surface area contributed by atoms with E-state index < -0.39 is 11.3 Å². The van der Waals surface area contributed by atoms with Crippen molar-refractivity contribution in [3.63, 3.8) is 0 Å². The van der Waals surface area contributed by atoms with E-state index in [1.807, 2.05) is 27.7 Å². The zero-order valence-corrected chi connectivity index (χ0v) is 15.1. The minimum Gasteiger partial charge on any atom is -0.354 e. The van der Waals surface area contributed by atoms with E-state index in [4.69, 9.17) is 5.21 Å². The third kappa shape index (κ3) is 9.00. The van der Waals surface area contributed by atoms with E-state index >= 15 is 0 Å². The van der Waals surface area contributed by atoms with Crippen LogP contribution in [0.3, 0.4) is 0 Å². The average molecular weight is 315 g/mol. The van der Waals surface area contributed by atoms with E-state index in [1.54, 1.807) is 5.48 Å². The molecule has 0 saturated heterocycles. The van der Waals surface area contributed by atoms with Crippen molar-refractivity contribution in [2.45, 2.75) is 66.8 Å². The maximum absolute atomic E-state index is 12.3. The molecule has 4 N–H and O–H groups in total. The van der Waals surface area contributed by atoms with Gasteiger partial charge in [0.2, 0.25) is 11.8 Å². The Morgan fingerprint density at radius 3 is 1.95 bits per heavy atom. The standard InChI is InChI=1S/C16H33N3O3/c1-14(2,3)18-9-8-17-13(21)16(6,7)11-15(4,5)10-12(20)19-22/h18,22H,8-11H2,1-7H3,(H,17,21)(H,19,20). The summed E-state index contributed by atoms with van der Waals surface area (Å²) in [6.07, 6.45) is 0.720. The maximum Gasteiger partial charge on any atom is 0.243 e. The molecule has 0 unspecified atom stereocenters. The monoisotopic (exact) mass is 315 g/mol. The van der Waals surface area contributed by atoms with Gasteiger partial charge in [-0.15, -0.1) is 0 Å². The number of hydrogen-bond donors (Lipinski definition) is 4. The Morgan fingerprint density at radius 1 is 0.955 bits per heavy atom. The van der Waals surface area contributed by atoms with Crippen LogP contribution in [0.5, 0.6) is 0 Å². The minimum absolute atomic E-state index is 0.0271. The lowest BCUT2D eigenvalue weighted by Gasteiger charge is -2.33. The van der Waals surface area contributed by atoms with E-state index in [1.165, 1.54) is 0 Å². The summed E-state index contributed by atoms with van der Waals surface area (Å²) < 4.78 is 0. The summed E-state index contributed by atoms with van der Waals surface area (Å²) in [5, 5.41) is 14.9. The quantitative estimate of drug-likeness (QED) is 0.312. The highest BCUT2D eigenvalue weighted by atomic mass is 16.5. The number of rotatable bonds is 8. The molecule has 22 heavy (non-hydrogen) atoms. The summed E-state index contributed by atoms with van der Waals surface area (Å²) in [7, 11) is 0. The van der Waals surface area contributed by atoms with E-state index in [0.29, 0.717) is 19.5 Å². The number of carbonyl (C=O) groups is 2. The zero-order chi connectivity index (χ0) is 17.6. The highest BCUT2D eigenvalue weighted by Crippen LogP contribution is 2.36. The van der Waals surface area contributed by atoms with Crippen molar-refractivity contribution >= 4 is 11.8 Å². The lowest BCUT2D eigenvalue weighted by atomic mass is 9.72. The molecule has 6 nitrogen and oxygen atoms in total. The lowest BCUT2D eigenvalue weighted by molar-refractivity contribution is -0.135. The van der Waals surface area contributed by atoms with Crippen LogP contribution in [0.2, 0.25) is 0 Å². The molecule has 0 bridgehead atoms. The first-order chi connectivity index (χ1) is 9.79. The summed E-state index contributed by atoms with van der Waals surface area (Å²) in [5.74, 6) is -0.462. The van der Waals surface area contributed by atoms with Gasteiger partial charge in [-0.05, 0) is 32.6 Å². The second-order valence-electron chi connectivity index (χ2n) is 8.37. The van der Waals surface area contributed by atoms with Crippen molar-refractivity contribution in [2.75, 3.05) is 13.1 Å². The lowest BCUT2D eigenvalue weighted by Crippen LogP contribution is -2.45. The molecule has 130 valence electrons. The van der Waals surface area contributed by atoms with Crippen LogP contribution in [0.15, 0.2) is 0 Å². The van der Waals surface area contributed by atoms with Crippen LogP contribution in [0.1, 0.15) is 61.3 Å². The van der Waals surface area contributed by atoms with E-state index in [-0.39, 0.29) is 23.3 Å². The number of hydrogen-bond acceptors (Lipinski definition) is 4. The summed E-state index contributed by atoms with van der Waals surface area (Å²) in [5.41, 5.74) is 0.712. The molecule has 0 aromatic carbocycles. The molecular formula is C16H33N3O3. The molecule has 0 aliphatic rings. The van der Waals surface area contributed by atoms with Crippen LogP contribution in [-0.2, 0) is 9.59 Å². The Labute approximate surface area is 134 Å². The van der Waals surface area contributed by atoms with E-state index in [9.17, 15) is 9.59 Å². The fourth-order valence-corrected chi connectivity index (χ4v) is 2.67. The van der Waals surface area contributed by atoms with Gasteiger partial charge in [-0.1, -0.05) is 27.7 Å². The summed E-state index contributed by atoms with van der Waals surface area (Å²) in [6.45, 7) is 15.1. The molecule has 0 aliphatic heterocycles. The molecule has 6 heteroatoms. The number of hydroxylamine groups is 1. The molecule has 0 radical (unpaired) electrons. The number of nitrogens with one attached hydrogen (secondary N) is 3. The highest BCUT2D eigenvalue weighted by Gasteiger charge is 2.35. The van der Waals surface area contributed by atoms with Crippen LogP contribution >= 0.6 is 0 Å². The van der Waals surface area contributed by atoms with Gasteiger partial charge in [0.05, 0.1) is 0 Å². The van der Waals surface area contributed by atoms with Gasteiger partial charge in [0.25, 0.3) is 0 Å². The number of carbonyl (C=O) groups excluding carboxylic acids is 2. The first-order valence-corrected chi connectivity index (χ1v) is 7.75. The van der Waals surface area contributed by atoms with Gasteiger partial charge >= 0.3 is 0 Å². The fraction of sp³-hybridized carbons (Fsp3) is 0.875. The molecule has 0 saturated carbocycles. The Balaban J connectivity index is 4.41. The first-order valence-electron chi connectivity index (χ1n) is 7.75. The van der Waals surface area contributed by atoms with Crippen molar-refractivity contribution in [1.29, 1.82) is 0 Å². The summed E-state index contributed by atoms with van der Waals surface area (Å²) in [4.78, 5) is 23.7. The summed E-state index contributed by atoms with van der Waals surface area (Å²) in [6, 6.07) is 0. The molecule has 0 aliphatic carbocycles. The van der Waals surface area contributed by atoms with E-state index in [2.05, 4.69) is 31.4 Å². The third-order valence-electron chi connectivity index (χ3n) is 3.36. The molecule has 0 atom stereocenters. The van der Waals surface area contributed by atoms with Crippen LogP contribution < -0.4 is 16.1 Å². The molecule has 0 spiro atoms. The normalized spacial score (nSPS) is 12.9. The minimum atomic E-state index is -0.582. The Morgan fingerprint density at radius 2 is 1.50 bits per heavy atom. The molecule has 0 aromatic heterocycles. The smallest absolute Gasteiger partial charge is 0.243 e. The predicted molar refractivity (Wildman–Crippen MR) is 87.5 cm³/mol. The molecule has 0 aromatic rings. The van der Waals surface area contributed by atoms with Crippen LogP contribution in [-0.4, -0.2) is 35.7 Å². The van der Waals surface area contributed by atoms with Gasteiger partial charge < -0.3 is 10.6 Å². The van der Waals surface area contributed by atoms with Gasteiger partial charge in [0.15, 0.2) is 0 Å². The molecule has 0 heterocycles. The first kappa shape index (κ1) is 20.9. The van der Waals surface area contributed by atoms with E-state index in [0.717, 1.165) is 0 Å². The van der Waals surface area contributed by atoms with Crippen molar-refractivity contribution in [3.8, 4) is 0 Å². The van der Waals surface area contributed by atoms with Crippen molar-refractivity contribution < 1.29 is 14.8 Å². The average Bonchev–Trinajstić information content (AvgIpc) is 2.30. The predicted octanol–water partition coefficient (Wildman–Crippen LogP) is 1.83. The fourth-order valence-electron chi connectivity index (χ4n) is 2.67. The highest BCUT2D eigenvalue weighted by molar-refractivity contribution is 5.82. The maximum atomic E-state index is 12.3. The van der Waals surface area contributed by atoms with Crippen molar-refractivity contribution in [3.05, 3.63) is 0 Å². The molecular weight excluding hydrogens is 282 g/mol. The summed E-state index contributed by atoms with van der Waals surface area (Å²) >= 11 is 0. The molecule has 0 rings (SSSR count). The third-order valence-corrected chi connectivity index (χ3v) is 3.36. The van der Waals surface area contributed by atoms with Gasteiger partial charge in [-0.2, -0.15) is 0 Å². The Kier molecular flexibility index (Phi) is 7.51. The van der Waals surface area contributed by atoms with Crippen LogP contribution in [0, 0.1) is 10.8 Å². The van der Waals surface area contributed by atoms with Crippen LogP contribution in [0.25, 0.3) is 0 Å². The second kappa shape index (κ2) is 7.92. The van der Waals surface area contributed by atoms with Gasteiger partial charge in [0.1, 0.15) is 0 Å². The van der Waals surface area contributed by atoms with Gasteiger partial charge in [-0.25, -0.2) is 5.48 Å².